The molecule has 0 radical (unpaired) electrons. The molecule has 3 aromatic rings. The predicted molar refractivity (Wildman–Crippen MR) is 100 cm³/mol. The van der Waals surface area contributed by atoms with E-state index in [1.807, 2.05) is 30.3 Å². The molecule has 0 fully saturated rings. The highest BCUT2D eigenvalue weighted by Gasteiger charge is 2.21. The monoisotopic (exact) mass is 386 g/mol. The smallest absolute Gasteiger partial charge is 0.337 e. The van der Waals surface area contributed by atoms with Gasteiger partial charge in [0.05, 0.1) is 23.0 Å². The molecule has 7 nitrogen and oxygen atoms in total. The van der Waals surface area contributed by atoms with Gasteiger partial charge in [0.15, 0.2) is 0 Å². The molecule has 0 atom stereocenters. The third-order valence-corrected chi connectivity index (χ3v) is 5.03. The molecule has 0 unspecified atom stereocenters. The number of aromatic carboxylic acids is 1. The van der Waals surface area contributed by atoms with E-state index in [0.29, 0.717) is 24.2 Å². The quantitative estimate of drug-likeness (QED) is 0.574. The highest BCUT2D eigenvalue weighted by Crippen LogP contribution is 2.27. The molecular weight excluding hydrogens is 368 g/mol. The van der Waals surface area contributed by atoms with Gasteiger partial charge in [-0.2, -0.15) is 0 Å². The first kappa shape index (κ1) is 18.7. The first-order valence-corrected chi connectivity index (χ1v) is 9.61. The number of rotatable bonds is 7. The molecule has 8 heteroatoms. The van der Waals surface area contributed by atoms with Crippen LogP contribution in [0.3, 0.4) is 0 Å². The van der Waals surface area contributed by atoms with E-state index < -0.39 is 16.0 Å². The molecule has 2 aromatic carbocycles. The normalized spacial score (nSPS) is 11.3. The van der Waals surface area contributed by atoms with Crippen molar-refractivity contribution in [2.75, 3.05) is 5.32 Å². The Labute approximate surface area is 156 Å². The van der Waals surface area contributed by atoms with Gasteiger partial charge in [0.25, 0.3) is 0 Å². The van der Waals surface area contributed by atoms with Crippen molar-refractivity contribution in [1.29, 1.82) is 0 Å². The number of furan rings is 1. The number of hydrogen-bond acceptors (Lipinski definition) is 5. The summed E-state index contributed by atoms with van der Waals surface area (Å²) in [7, 11) is -4.09. The lowest BCUT2D eigenvalue weighted by Gasteiger charge is -2.15. The number of primary sulfonamides is 1. The standard InChI is InChI=1S/C19H18N2O5S/c20-27(24,25)18-10-16(19(22)23)17(21-11-14-6-7-26-12-14)9-15(18)8-13-4-2-1-3-5-13/h1-7,9-10,12,21H,8,11H2,(H,22,23)(H2,20,24,25). The Bertz CT molecular complexity index is 1050. The third kappa shape index (κ3) is 4.55. The summed E-state index contributed by atoms with van der Waals surface area (Å²) in [5.74, 6) is -1.25. The van der Waals surface area contributed by atoms with Crippen LogP contribution < -0.4 is 10.5 Å². The Kier molecular flexibility index (Phi) is 5.29. The van der Waals surface area contributed by atoms with Crippen LogP contribution in [0, 0.1) is 0 Å². The number of nitrogens with two attached hydrogens (primary N) is 1. The number of carboxylic acid groups (broad SMARTS) is 1. The molecule has 0 amide bonds. The van der Waals surface area contributed by atoms with Crippen molar-refractivity contribution in [1.82, 2.24) is 0 Å². The Hall–Kier alpha value is -3.10. The van der Waals surface area contributed by atoms with Gasteiger partial charge in [0, 0.05) is 17.8 Å². The second kappa shape index (κ2) is 7.65. The number of sulfonamides is 1. The van der Waals surface area contributed by atoms with E-state index in [2.05, 4.69) is 5.32 Å². The van der Waals surface area contributed by atoms with Crippen molar-refractivity contribution < 1.29 is 22.7 Å². The second-order valence-electron chi connectivity index (χ2n) is 6.00. The van der Waals surface area contributed by atoms with E-state index in [4.69, 9.17) is 9.56 Å². The summed E-state index contributed by atoms with van der Waals surface area (Å²) in [5, 5.41) is 17.9. The van der Waals surface area contributed by atoms with Gasteiger partial charge in [-0.25, -0.2) is 18.4 Å². The van der Waals surface area contributed by atoms with E-state index in [1.54, 1.807) is 6.07 Å². The van der Waals surface area contributed by atoms with Crippen molar-refractivity contribution in [2.24, 2.45) is 5.14 Å². The van der Waals surface area contributed by atoms with E-state index >= 15 is 0 Å². The molecule has 0 aliphatic carbocycles. The molecule has 3 rings (SSSR count). The van der Waals surface area contributed by atoms with Crippen LogP contribution in [0.25, 0.3) is 0 Å². The lowest BCUT2D eigenvalue weighted by Crippen LogP contribution is -2.17. The fourth-order valence-corrected chi connectivity index (χ4v) is 3.54. The minimum absolute atomic E-state index is 0.167. The van der Waals surface area contributed by atoms with E-state index in [-0.39, 0.29) is 10.5 Å². The van der Waals surface area contributed by atoms with Crippen LogP contribution in [-0.4, -0.2) is 19.5 Å². The topological polar surface area (TPSA) is 123 Å². The average molecular weight is 386 g/mol. The Balaban J connectivity index is 2.05. The maximum absolute atomic E-state index is 12.0. The highest BCUT2D eigenvalue weighted by molar-refractivity contribution is 7.89. The molecule has 27 heavy (non-hydrogen) atoms. The average Bonchev–Trinajstić information content (AvgIpc) is 3.13. The third-order valence-electron chi connectivity index (χ3n) is 4.04. The number of carbonyl (C=O) groups is 1. The van der Waals surface area contributed by atoms with Gasteiger partial charge in [-0.05, 0) is 35.7 Å². The number of anilines is 1. The fraction of sp³-hybridized carbons (Fsp3) is 0.105. The van der Waals surface area contributed by atoms with Crippen molar-refractivity contribution in [2.45, 2.75) is 17.9 Å². The fourth-order valence-electron chi connectivity index (χ4n) is 2.76. The van der Waals surface area contributed by atoms with Crippen LogP contribution in [-0.2, 0) is 23.0 Å². The minimum Gasteiger partial charge on any atom is -0.478 e. The molecule has 0 aliphatic rings. The molecule has 1 heterocycles. The summed E-state index contributed by atoms with van der Waals surface area (Å²) in [5.41, 5.74) is 2.27. The largest absolute Gasteiger partial charge is 0.478 e. The number of benzene rings is 2. The summed E-state index contributed by atoms with van der Waals surface area (Å²) < 4.78 is 29.0. The van der Waals surface area contributed by atoms with Crippen LogP contribution in [0.1, 0.15) is 27.0 Å². The van der Waals surface area contributed by atoms with Gasteiger partial charge in [0.2, 0.25) is 10.0 Å². The molecule has 0 bridgehead atoms. The predicted octanol–water partition coefficient (Wildman–Crippen LogP) is 2.83. The first-order chi connectivity index (χ1) is 12.8. The van der Waals surface area contributed by atoms with E-state index in [0.717, 1.165) is 17.2 Å². The maximum Gasteiger partial charge on any atom is 0.337 e. The Morgan fingerprint density at radius 2 is 1.85 bits per heavy atom. The summed E-state index contributed by atoms with van der Waals surface area (Å²) in [6.45, 7) is 0.330. The highest BCUT2D eigenvalue weighted by atomic mass is 32.2. The summed E-state index contributed by atoms with van der Waals surface area (Å²) in [6.07, 6.45) is 3.35. The zero-order valence-corrected chi connectivity index (χ0v) is 15.1. The molecular formula is C19H18N2O5S. The van der Waals surface area contributed by atoms with Crippen molar-refractivity contribution in [3.05, 3.63) is 83.3 Å². The van der Waals surface area contributed by atoms with Crippen molar-refractivity contribution in [3.8, 4) is 0 Å². The van der Waals surface area contributed by atoms with Gasteiger partial charge >= 0.3 is 5.97 Å². The molecule has 0 saturated heterocycles. The summed E-state index contributed by atoms with van der Waals surface area (Å²) >= 11 is 0. The van der Waals surface area contributed by atoms with Gasteiger partial charge in [-0.3, -0.25) is 0 Å². The van der Waals surface area contributed by atoms with Crippen molar-refractivity contribution in [3.63, 3.8) is 0 Å². The lowest BCUT2D eigenvalue weighted by molar-refractivity contribution is 0.0697. The molecule has 0 aliphatic heterocycles. The van der Waals surface area contributed by atoms with Crippen LogP contribution in [0.2, 0.25) is 0 Å². The van der Waals surface area contributed by atoms with E-state index in [1.165, 1.54) is 18.6 Å². The number of carboxylic acids is 1. The van der Waals surface area contributed by atoms with Crippen LogP contribution in [0.4, 0.5) is 5.69 Å². The lowest BCUT2D eigenvalue weighted by atomic mass is 10.0. The van der Waals surface area contributed by atoms with Gasteiger partial charge in [-0.1, -0.05) is 30.3 Å². The zero-order valence-electron chi connectivity index (χ0n) is 14.3. The van der Waals surface area contributed by atoms with Crippen LogP contribution in [0.15, 0.2) is 70.4 Å². The molecule has 1 aromatic heterocycles. The SMILES string of the molecule is NS(=O)(=O)c1cc(C(=O)O)c(NCc2ccoc2)cc1Cc1ccccc1. The molecule has 0 spiro atoms. The summed E-state index contributed by atoms with van der Waals surface area (Å²) in [6, 6.07) is 13.6. The van der Waals surface area contributed by atoms with Crippen LogP contribution in [0.5, 0.6) is 0 Å². The Morgan fingerprint density at radius 3 is 2.44 bits per heavy atom. The summed E-state index contributed by atoms with van der Waals surface area (Å²) in [4.78, 5) is 11.4. The van der Waals surface area contributed by atoms with Crippen LogP contribution >= 0.6 is 0 Å². The number of hydrogen-bond donors (Lipinski definition) is 3. The minimum atomic E-state index is -4.09. The van der Waals surface area contributed by atoms with Crippen molar-refractivity contribution >= 4 is 21.7 Å². The van der Waals surface area contributed by atoms with Gasteiger partial charge in [0.1, 0.15) is 0 Å². The number of nitrogens with one attached hydrogen (secondary N) is 1. The first-order valence-electron chi connectivity index (χ1n) is 8.06. The van der Waals surface area contributed by atoms with Gasteiger partial charge < -0.3 is 14.8 Å². The Morgan fingerprint density at radius 1 is 1.11 bits per heavy atom. The zero-order chi connectivity index (χ0) is 19.4. The van der Waals surface area contributed by atoms with E-state index in [9.17, 15) is 18.3 Å². The molecule has 4 N–H and O–H groups in total. The molecule has 0 saturated carbocycles. The maximum atomic E-state index is 12.0. The van der Waals surface area contributed by atoms with Gasteiger partial charge in [-0.15, -0.1) is 0 Å². The second-order valence-corrected chi connectivity index (χ2v) is 7.53. The molecule has 140 valence electrons.